The number of hydrogen-bond acceptors (Lipinski definition) is 4. The zero-order valence-corrected chi connectivity index (χ0v) is 12.9. The number of nitrogens with zero attached hydrogens (tertiary/aromatic N) is 1. The number of halogens is 1. The van der Waals surface area contributed by atoms with Crippen molar-refractivity contribution in [2.45, 2.75) is 26.8 Å². The van der Waals surface area contributed by atoms with E-state index >= 15 is 0 Å². The lowest BCUT2D eigenvalue weighted by atomic mass is 10.0. The van der Waals surface area contributed by atoms with Crippen LogP contribution < -0.4 is 10.1 Å². The van der Waals surface area contributed by atoms with Crippen molar-refractivity contribution in [2.75, 3.05) is 6.61 Å². The van der Waals surface area contributed by atoms with Crippen LogP contribution in [-0.4, -0.2) is 24.3 Å². The molecule has 1 aromatic carbocycles. The molecule has 0 spiro atoms. The number of carbonyl (C=O) groups excluding carboxylic acids is 2. The Labute approximate surface area is 128 Å². The van der Waals surface area contributed by atoms with Gasteiger partial charge in [0, 0.05) is 0 Å². The van der Waals surface area contributed by atoms with Crippen LogP contribution in [0, 0.1) is 17.2 Å². The first-order valence-corrected chi connectivity index (χ1v) is 6.85. The first-order chi connectivity index (χ1) is 9.85. The maximum Gasteiger partial charge on any atom is 0.258 e. The predicted octanol–water partition coefficient (Wildman–Crippen LogP) is 2.32. The zero-order chi connectivity index (χ0) is 16.0. The van der Waals surface area contributed by atoms with Crippen LogP contribution in [0.25, 0.3) is 0 Å². The first kappa shape index (κ1) is 17.0. The van der Waals surface area contributed by atoms with Crippen LogP contribution in [-0.2, 0) is 9.59 Å². The summed E-state index contributed by atoms with van der Waals surface area (Å²) in [6.45, 7) is 4.89. The van der Waals surface area contributed by atoms with Gasteiger partial charge in [0.05, 0.1) is 22.7 Å². The molecule has 1 aromatic rings. The number of Topliss-reactive ketones (excluding diaryl/α,β-unsaturated/α-hetero) is 1. The number of hydrogen-bond donors (Lipinski definition) is 1. The fourth-order valence-corrected chi connectivity index (χ4v) is 2.02. The molecule has 0 aliphatic rings. The van der Waals surface area contributed by atoms with E-state index in [0.29, 0.717) is 11.3 Å². The number of nitriles is 1. The van der Waals surface area contributed by atoms with Crippen molar-refractivity contribution >= 4 is 23.3 Å². The Morgan fingerprint density at radius 2 is 2.10 bits per heavy atom. The molecule has 0 saturated heterocycles. The van der Waals surface area contributed by atoms with Gasteiger partial charge in [-0.2, -0.15) is 5.26 Å². The maximum atomic E-state index is 11.8. The van der Waals surface area contributed by atoms with Crippen molar-refractivity contribution in [1.29, 1.82) is 5.26 Å². The monoisotopic (exact) mass is 308 g/mol. The van der Waals surface area contributed by atoms with Gasteiger partial charge < -0.3 is 10.1 Å². The van der Waals surface area contributed by atoms with Crippen LogP contribution in [0.4, 0.5) is 0 Å². The highest BCUT2D eigenvalue weighted by molar-refractivity contribution is 6.32. The summed E-state index contributed by atoms with van der Waals surface area (Å²) in [6, 6.07) is 5.96. The number of ether oxygens (including phenoxy) is 1. The molecule has 1 atom stereocenters. The third kappa shape index (κ3) is 5.09. The Morgan fingerprint density at radius 3 is 2.57 bits per heavy atom. The van der Waals surface area contributed by atoms with Crippen molar-refractivity contribution < 1.29 is 14.3 Å². The molecule has 6 heteroatoms. The summed E-state index contributed by atoms with van der Waals surface area (Å²) >= 11 is 5.94. The van der Waals surface area contributed by atoms with Crippen LogP contribution >= 0.6 is 11.6 Å². The highest BCUT2D eigenvalue weighted by atomic mass is 35.5. The van der Waals surface area contributed by atoms with E-state index in [1.807, 2.05) is 19.9 Å². The molecule has 0 aliphatic heterocycles. The Bertz CT molecular complexity index is 579. The van der Waals surface area contributed by atoms with Gasteiger partial charge in [-0.25, -0.2) is 0 Å². The Kier molecular flexibility index (Phi) is 6.19. The molecule has 0 aliphatic carbocycles. The third-order valence-electron chi connectivity index (χ3n) is 2.84. The largest absolute Gasteiger partial charge is 0.482 e. The summed E-state index contributed by atoms with van der Waals surface area (Å²) in [6.07, 6.45) is 0. The van der Waals surface area contributed by atoms with E-state index in [1.165, 1.54) is 19.1 Å². The third-order valence-corrected chi connectivity index (χ3v) is 3.14. The summed E-state index contributed by atoms with van der Waals surface area (Å²) in [7, 11) is 0. The number of nitrogens with one attached hydrogen (secondary N) is 1. The standard InChI is InChI=1S/C15H17ClN2O3/c1-9(2)15(10(3)19)18-14(20)8-21-13-5-4-11(7-17)6-12(13)16/h4-6,9,15H,8H2,1-3H3,(H,18,20). The van der Waals surface area contributed by atoms with Crippen molar-refractivity contribution in [3.63, 3.8) is 0 Å². The van der Waals surface area contributed by atoms with Crippen molar-refractivity contribution in [3.05, 3.63) is 28.8 Å². The summed E-state index contributed by atoms with van der Waals surface area (Å²) in [5, 5.41) is 11.6. The second-order valence-corrected chi connectivity index (χ2v) is 5.35. The molecule has 1 N–H and O–H groups in total. The molecule has 112 valence electrons. The minimum Gasteiger partial charge on any atom is -0.482 e. The second-order valence-electron chi connectivity index (χ2n) is 4.95. The zero-order valence-electron chi connectivity index (χ0n) is 12.1. The Balaban J connectivity index is 2.61. The Hall–Kier alpha value is -2.06. The van der Waals surface area contributed by atoms with Gasteiger partial charge in [-0.1, -0.05) is 25.4 Å². The van der Waals surface area contributed by atoms with Gasteiger partial charge in [-0.05, 0) is 31.0 Å². The number of benzene rings is 1. The second kappa shape index (κ2) is 7.65. The summed E-state index contributed by atoms with van der Waals surface area (Å²) in [4.78, 5) is 23.2. The molecule has 0 heterocycles. The summed E-state index contributed by atoms with van der Waals surface area (Å²) in [5.74, 6) is -0.182. The van der Waals surface area contributed by atoms with Crippen LogP contribution in [0.1, 0.15) is 26.3 Å². The predicted molar refractivity (Wildman–Crippen MR) is 79.1 cm³/mol. The van der Waals surface area contributed by atoms with Gasteiger partial charge >= 0.3 is 0 Å². The first-order valence-electron chi connectivity index (χ1n) is 6.47. The van der Waals surface area contributed by atoms with Crippen molar-refractivity contribution in [3.8, 4) is 11.8 Å². The highest BCUT2D eigenvalue weighted by Crippen LogP contribution is 2.25. The number of rotatable bonds is 6. The van der Waals surface area contributed by atoms with E-state index in [0.717, 1.165) is 0 Å². The lowest BCUT2D eigenvalue weighted by Gasteiger charge is -2.19. The summed E-state index contributed by atoms with van der Waals surface area (Å²) in [5.41, 5.74) is 0.410. The maximum absolute atomic E-state index is 11.8. The van der Waals surface area contributed by atoms with Crippen LogP contribution in [0.15, 0.2) is 18.2 Å². The van der Waals surface area contributed by atoms with E-state index in [9.17, 15) is 9.59 Å². The van der Waals surface area contributed by atoms with E-state index in [2.05, 4.69) is 5.32 Å². The number of ketones is 1. The number of amides is 1. The molecular formula is C15H17ClN2O3. The van der Waals surface area contributed by atoms with Gasteiger partial charge in [0.15, 0.2) is 12.4 Å². The minimum absolute atomic E-state index is 0.00458. The van der Waals surface area contributed by atoms with Crippen LogP contribution in [0.2, 0.25) is 5.02 Å². The van der Waals surface area contributed by atoms with Gasteiger partial charge in [0.1, 0.15) is 5.75 Å². The molecule has 0 radical (unpaired) electrons. The summed E-state index contributed by atoms with van der Waals surface area (Å²) < 4.78 is 5.29. The normalized spacial score (nSPS) is 11.6. The molecule has 0 aromatic heterocycles. The lowest BCUT2D eigenvalue weighted by molar-refractivity contribution is -0.129. The highest BCUT2D eigenvalue weighted by Gasteiger charge is 2.20. The SMILES string of the molecule is CC(=O)C(NC(=O)COc1ccc(C#N)cc1Cl)C(C)C. The minimum atomic E-state index is -0.530. The average Bonchev–Trinajstić information content (AvgIpc) is 2.42. The molecule has 21 heavy (non-hydrogen) atoms. The lowest BCUT2D eigenvalue weighted by Crippen LogP contribution is -2.45. The van der Waals surface area contributed by atoms with Crippen molar-refractivity contribution in [2.24, 2.45) is 5.92 Å². The topological polar surface area (TPSA) is 79.2 Å². The van der Waals surface area contributed by atoms with Crippen LogP contribution in [0.5, 0.6) is 5.75 Å². The fraction of sp³-hybridized carbons (Fsp3) is 0.400. The molecule has 1 unspecified atom stereocenters. The Morgan fingerprint density at radius 1 is 1.43 bits per heavy atom. The smallest absolute Gasteiger partial charge is 0.258 e. The van der Waals surface area contributed by atoms with E-state index < -0.39 is 11.9 Å². The molecule has 0 bridgehead atoms. The number of carbonyl (C=O) groups is 2. The average molecular weight is 309 g/mol. The van der Waals surface area contributed by atoms with Crippen molar-refractivity contribution in [1.82, 2.24) is 5.32 Å². The van der Waals surface area contributed by atoms with Gasteiger partial charge in [0.2, 0.25) is 0 Å². The fourth-order valence-electron chi connectivity index (χ4n) is 1.78. The van der Waals surface area contributed by atoms with Gasteiger partial charge in [-0.3, -0.25) is 9.59 Å². The quantitative estimate of drug-likeness (QED) is 0.874. The van der Waals surface area contributed by atoms with E-state index in [1.54, 1.807) is 6.07 Å². The van der Waals surface area contributed by atoms with E-state index in [4.69, 9.17) is 21.6 Å². The van der Waals surface area contributed by atoms with E-state index in [-0.39, 0.29) is 23.3 Å². The van der Waals surface area contributed by atoms with Gasteiger partial charge in [-0.15, -0.1) is 0 Å². The molecular weight excluding hydrogens is 292 g/mol. The molecule has 0 fully saturated rings. The molecule has 0 saturated carbocycles. The molecule has 1 rings (SSSR count). The molecule has 1 amide bonds. The van der Waals surface area contributed by atoms with Crippen LogP contribution in [0.3, 0.4) is 0 Å². The molecule has 5 nitrogen and oxygen atoms in total. The van der Waals surface area contributed by atoms with Gasteiger partial charge in [0.25, 0.3) is 5.91 Å².